The highest BCUT2D eigenvalue weighted by atomic mass is 79.9. The third-order valence-electron chi connectivity index (χ3n) is 2.24. The number of aliphatic carboxylic acids is 1. The number of nitrogens with zero attached hydrogens (tertiary/aromatic N) is 2. The Kier molecular flexibility index (Phi) is 4.92. The lowest BCUT2D eigenvalue weighted by atomic mass is 10.2. The summed E-state index contributed by atoms with van der Waals surface area (Å²) < 4.78 is 5.67. The second-order valence-electron chi connectivity index (χ2n) is 3.81. The van der Waals surface area contributed by atoms with Gasteiger partial charge in [-0.2, -0.15) is 0 Å². The van der Waals surface area contributed by atoms with E-state index in [9.17, 15) is 15.0 Å². The van der Waals surface area contributed by atoms with E-state index in [1.807, 2.05) is 0 Å². The fourth-order valence-electron chi connectivity index (χ4n) is 1.38. The van der Waals surface area contributed by atoms with E-state index in [1.165, 1.54) is 18.2 Å². The van der Waals surface area contributed by atoms with Crippen molar-refractivity contribution in [1.82, 2.24) is 10.2 Å². The Hall–Kier alpha value is -1.51. The Bertz CT molecular complexity index is 732. The van der Waals surface area contributed by atoms with Crippen molar-refractivity contribution in [2.45, 2.75) is 12.1 Å². The van der Waals surface area contributed by atoms with E-state index >= 15 is 0 Å². The van der Waals surface area contributed by atoms with Gasteiger partial charge in [-0.15, -0.1) is 10.2 Å². The molecule has 6 nitrogen and oxygen atoms in total. The fourth-order valence-corrected chi connectivity index (χ4v) is 2.92. The summed E-state index contributed by atoms with van der Waals surface area (Å²) in [7, 11) is 0. The second kappa shape index (κ2) is 6.50. The largest absolute Gasteiger partial charge is 0.871 e. The van der Waals surface area contributed by atoms with Gasteiger partial charge >= 0.3 is 5.97 Å². The van der Waals surface area contributed by atoms with Gasteiger partial charge in [0.2, 0.25) is 5.89 Å². The van der Waals surface area contributed by atoms with Gasteiger partial charge in [0, 0.05) is 16.4 Å². The summed E-state index contributed by atoms with van der Waals surface area (Å²) in [5, 5.41) is 28.5. The zero-order valence-electron chi connectivity index (χ0n) is 10.5. The molecule has 0 saturated carbocycles. The first-order valence-corrected chi connectivity index (χ1v) is 7.44. The monoisotopic (exact) mass is 389 g/mol. The van der Waals surface area contributed by atoms with Crippen molar-refractivity contribution in [2.24, 2.45) is 0 Å². The van der Waals surface area contributed by atoms with Crippen LogP contribution in [0.15, 0.2) is 31.2 Å². The van der Waals surface area contributed by atoms with E-state index in [-0.39, 0.29) is 20.7 Å². The fraction of sp³-hybridized carbons (Fsp3) is 0.0833. The van der Waals surface area contributed by atoms with Crippen molar-refractivity contribution in [2.75, 3.05) is 0 Å². The average molecular weight is 391 g/mol. The summed E-state index contributed by atoms with van der Waals surface area (Å²) in [6, 6.07) is 2.92. The molecule has 1 N–H and O–H groups in total. The van der Waals surface area contributed by atoms with E-state index in [1.54, 1.807) is 6.92 Å². The normalized spacial score (nSPS) is 11.7. The lowest BCUT2D eigenvalue weighted by Crippen LogP contribution is -1.99. The van der Waals surface area contributed by atoms with Gasteiger partial charge in [0.15, 0.2) is 0 Å². The standard InChI is InChI=1S/C12H8BrClN2O4S/c1-5-15-16-12(20-5)21-9(11(18)19)3-6-2-7(13)4-8(14)10(6)17/h2-4,17H,1H3,(H,18,19)/p-1/b9-3-. The molecule has 0 fully saturated rings. The summed E-state index contributed by atoms with van der Waals surface area (Å²) in [6.45, 7) is 1.59. The van der Waals surface area contributed by atoms with Crippen LogP contribution in [0.5, 0.6) is 5.75 Å². The molecule has 0 aliphatic heterocycles. The summed E-state index contributed by atoms with van der Waals surface area (Å²) >= 11 is 9.73. The third kappa shape index (κ3) is 3.99. The Morgan fingerprint density at radius 2 is 2.24 bits per heavy atom. The number of aryl methyl sites for hydroxylation is 1. The second-order valence-corrected chi connectivity index (χ2v) is 6.12. The summed E-state index contributed by atoms with van der Waals surface area (Å²) in [5.41, 5.74) is 0.149. The van der Waals surface area contributed by atoms with Crippen molar-refractivity contribution >= 4 is 51.3 Å². The van der Waals surface area contributed by atoms with E-state index in [0.717, 1.165) is 11.8 Å². The van der Waals surface area contributed by atoms with Gasteiger partial charge in [-0.3, -0.25) is 0 Å². The van der Waals surface area contributed by atoms with Crippen LogP contribution in [0.25, 0.3) is 6.08 Å². The predicted octanol–water partition coefficient (Wildman–Crippen LogP) is 3.09. The minimum Gasteiger partial charge on any atom is -0.871 e. The Morgan fingerprint density at radius 3 is 2.81 bits per heavy atom. The van der Waals surface area contributed by atoms with E-state index in [2.05, 4.69) is 26.1 Å². The summed E-state index contributed by atoms with van der Waals surface area (Å²) in [6.07, 6.45) is 1.21. The van der Waals surface area contributed by atoms with Crippen LogP contribution in [0.4, 0.5) is 0 Å². The SMILES string of the molecule is Cc1nnc(S/C(=C\c2cc(Br)cc(Cl)c2[O-])C(=O)O)o1. The Morgan fingerprint density at radius 1 is 1.52 bits per heavy atom. The molecular weight excluding hydrogens is 384 g/mol. The maximum Gasteiger partial charge on any atom is 0.342 e. The number of benzene rings is 1. The molecule has 2 aromatic rings. The topological polar surface area (TPSA) is 99.3 Å². The first-order chi connectivity index (χ1) is 9.86. The third-order valence-corrected chi connectivity index (χ3v) is 3.83. The van der Waals surface area contributed by atoms with Gasteiger partial charge in [-0.1, -0.05) is 33.3 Å². The van der Waals surface area contributed by atoms with E-state index < -0.39 is 11.7 Å². The molecule has 2 rings (SSSR count). The smallest absolute Gasteiger partial charge is 0.342 e. The molecule has 0 unspecified atom stereocenters. The molecule has 0 spiro atoms. The van der Waals surface area contributed by atoms with Gasteiger partial charge < -0.3 is 14.6 Å². The lowest BCUT2D eigenvalue weighted by molar-refractivity contribution is -0.268. The molecule has 0 saturated heterocycles. The zero-order valence-corrected chi connectivity index (χ0v) is 13.6. The number of thioether (sulfide) groups is 1. The molecule has 21 heavy (non-hydrogen) atoms. The van der Waals surface area contributed by atoms with Crippen LogP contribution < -0.4 is 5.11 Å². The number of aromatic nitrogens is 2. The van der Waals surface area contributed by atoms with Crippen molar-refractivity contribution in [3.05, 3.63) is 38.0 Å². The average Bonchev–Trinajstić information content (AvgIpc) is 2.79. The molecule has 0 atom stereocenters. The predicted molar refractivity (Wildman–Crippen MR) is 79.1 cm³/mol. The number of hydrogen-bond acceptors (Lipinski definition) is 6. The molecule has 1 aromatic carbocycles. The molecule has 0 radical (unpaired) electrons. The van der Waals surface area contributed by atoms with Gasteiger partial charge in [-0.05, 0) is 35.5 Å². The van der Waals surface area contributed by atoms with Gasteiger partial charge in [-0.25, -0.2) is 4.79 Å². The van der Waals surface area contributed by atoms with Crippen LogP contribution in [-0.2, 0) is 4.79 Å². The summed E-state index contributed by atoms with van der Waals surface area (Å²) in [5.74, 6) is -1.36. The number of carboxylic acids is 1. The molecule has 0 bridgehead atoms. The lowest BCUT2D eigenvalue weighted by Gasteiger charge is -2.13. The van der Waals surface area contributed by atoms with Crippen molar-refractivity contribution < 1.29 is 19.4 Å². The Labute approximate surface area is 137 Å². The first-order valence-electron chi connectivity index (χ1n) is 5.46. The molecule has 0 aliphatic rings. The highest BCUT2D eigenvalue weighted by Gasteiger charge is 2.14. The molecule has 0 amide bonds. The molecule has 1 heterocycles. The van der Waals surface area contributed by atoms with Gasteiger partial charge in [0.05, 0.1) is 0 Å². The Balaban J connectivity index is 2.40. The number of rotatable bonds is 4. The maximum absolute atomic E-state index is 11.9. The summed E-state index contributed by atoms with van der Waals surface area (Å²) in [4.78, 5) is 11.1. The van der Waals surface area contributed by atoms with Crippen molar-refractivity contribution in [3.63, 3.8) is 0 Å². The minimum atomic E-state index is -1.22. The van der Waals surface area contributed by atoms with Crippen LogP contribution >= 0.6 is 39.3 Å². The van der Waals surface area contributed by atoms with Gasteiger partial charge in [0.1, 0.15) is 4.91 Å². The molecular formula is C12H7BrClN2O4S-. The van der Waals surface area contributed by atoms with Crippen molar-refractivity contribution in [1.29, 1.82) is 0 Å². The number of halogens is 2. The number of carbonyl (C=O) groups is 1. The zero-order chi connectivity index (χ0) is 15.6. The van der Waals surface area contributed by atoms with Crippen LogP contribution in [0.1, 0.15) is 11.5 Å². The van der Waals surface area contributed by atoms with Crippen molar-refractivity contribution in [3.8, 4) is 5.75 Å². The van der Waals surface area contributed by atoms with Gasteiger partial charge in [0.25, 0.3) is 5.22 Å². The van der Waals surface area contributed by atoms with Crippen LogP contribution in [0.3, 0.4) is 0 Å². The van der Waals surface area contributed by atoms with Crippen LogP contribution in [0.2, 0.25) is 5.02 Å². The highest BCUT2D eigenvalue weighted by Crippen LogP contribution is 2.33. The van der Waals surface area contributed by atoms with Crippen LogP contribution in [-0.4, -0.2) is 21.3 Å². The highest BCUT2D eigenvalue weighted by molar-refractivity contribution is 9.10. The van der Waals surface area contributed by atoms with E-state index in [4.69, 9.17) is 16.0 Å². The molecule has 0 aliphatic carbocycles. The maximum atomic E-state index is 11.9. The minimum absolute atomic E-state index is 0.000927. The molecule has 9 heteroatoms. The quantitative estimate of drug-likeness (QED) is 0.632. The molecule has 110 valence electrons. The molecule has 1 aromatic heterocycles. The van der Waals surface area contributed by atoms with Crippen LogP contribution in [0, 0.1) is 6.92 Å². The van der Waals surface area contributed by atoms with E-state index in [0.29, 0.717) is 10.4 Å². The number of carboxylic acid groups (broad SMARTS) is 1. The first kappa shape index (κ1) is 15.9. The number of hydrogen-bond donors (Lipinski definition) is 1.